The zero-order valence-corrected chi connectivity index (χ0v) is 16.2. The van der Waals surface area contributed by atoms with Crippen molar-refractivity contribution in [3.63, 3.8) is 0 Å². The molecule has 4 rings (SSSR count). The first-order valence-corrected chi connectivity index (χ1v) is 11.0. The van der Waals surface area contributed by atoms with Crippen molar-refractivity contribution < 1.29 is 27.9 Å². The molecule has 0 spiro atoms. The lowest BCUT2D eigenvalue weighted by atomic mass is 9.78. The summed E-state index contributed by atoms with van der Waals surface area (Å²) in [6.45, 7) is 1.31. The number of carbonyl (C=O) groups is 2. The van der Waals surface area contributed by atoms with Crippen molar-refractivity contribution in [3.8, 4) is 0 Å². The number of hydrogen-bond donors (Lipinski definition) is 2. The van der Waals surface area contributed by atoms with Crippen LogP contribution in [-0.4, -0.2) is 56.0 Å². The number of morpholine rings is 1. The summed E-state index contributed by atoms with van der Waals surface area (Å²) in [4.78, 5) is 24.6. The number of ether oxygens (including phenoxy) is 1. The highest BCUT2D eigenvalue weighted by atomic mass is 32.2. The molecule has 9 heteroatoms. The minimum Gasteiger partial charge on any atom is -0.481 e. The molecule has 0 radical (unpaired) electrons. The van der Waals surface area contributed by atoms with Crippen LogP contribution in [0.2, 0.25) is 0 Å². The van der Waals surface area contributed by atoms with Gasteiger partial charge >= 0.3 is 5.97 Å². The molecule has 3 fully saturated rings. The molecule has 2 aliphatic carbocycles. The lowest BCUT2D eigenvalue weighted by Crippen LogP contribution is -2.40. The van der Waals surface area contributed by atoms with Gasteiger partial charge in [-0.25, -0.2) is 8.42 Å². The summed E-state index contributed by atoms with van der Waals surface area (Å²) in [6.07, 6.45) is 2.51. The van der Waals surface area contributed by atoms with E-state index in [2.05, 4.69) is 5.32 Å². The zero-order chi connectivity index (χ0) is 19.9. The lowest BCUT2D eigenvalue weighted by molar-refractivity contribution is -0.148. The number of carbonyl (C=O) groups excluding carboxylic acids is 1. The number of rotatable bonds is 5. The number of sulfonamides is 1. The van der Waals surface area contributed by atoms with Gasteiger partial charge in [0.1, 0.15) is 0 Å². The fraction of sp³-hybridized carbons (Fsp3) is 0.579. The van der Waals surface area contributed by atoms with E-state index >= 15 is 0 Å². The molecule has 152 valence electrons. The third-order valence-electron chi connectivity index (χ3n) is 6.21. The molecule has 0 unspecified atom stereocenters. The SMILES string of the molecule is O=C(O)[C@H]1[C@@H]2CC[C@@H](C2)[C@@H]1C(=O)Nc1cccc(S(=O)(=O)N2CCOCC2)c1. The van der Waals surface area contributed by atoms with E-state index in [0.29, 0.717) is 32.0 Å². The van der Waals surface area contributed by atoms with E-state index in [9.17, 15) is 23.1 Å². The number of carboxylic acid groups (broad SMARTS) is 1. The second kappa shape index (κ2) is 7.46. The molecule has 2 saturated carbocycles. The molecule has 1 aromatic rings. The highest BCUT2D eigenvalue weighted by Gasteiger charge is 2.54. The summed E-state index contributed by atoms with van der Waals surface area (Å²) in [5, 5.41) is 12.3. The van der Waals surface area contributed by atoms with Crippen LogP contribution in [0.25, 0.3) is 0 Å². The summed E-state index contributed by atoms with van der Waals surface area (Å²) < 4.78 is 32.2. The monoisotopic (exact) mass is 408 g/mol. The molecule has 1 aromatic carbocycles. The van der Waals surface area contributed by atoms with Crippen molar-refractivity contribution in [2.45, 2.75) is 24.2 Å². The van der Waals surface area contributed by atoms with E-state index in [0.717, 1.165) is 19.3 Å². The summed E-state index contributed by atoms with van der Waals surface area (Å²) >= 11 is 0. The Morgan fingerprint density at radius 3 is 2.46 bits per heavy atom. The van der Waals surface area contributed by atoms with E-state index in [-0.39, 0.29) is 22.6 Å². The maximum Gasteiger partial charge on any atom is 0.307 e. The van der Waals surface area contributed by atoms with Crippen LogP contribution in [0.4, 0.5) is 5.69 Å². The van der Waals surface area contributed by atoms with E-state index in [1.54, 1.807) is 12.1 Å². The second-order valence-corrected chi connectivity index (χ2v) is 9.69. The van der Waals surface area contributed by atoms with Gasteiger partial charge in [-0.05, 0) is 49.3 Å². The number of amides is 1. The average molecular weight is 408 g/mol. The van der Waals surface area contributed by atoms with Gasteiger partial charge in [-0.3, -0.25) is 9.59 Å². The average Bonchev–Trinajstić information content (AvgIpc) is 3.30. The van der Waals surface area contributed by atoms with Crippen LogP contribution in [-0.2, 0) is 24.3 Å². The predicted molar refractivity (Wildman–Crippen MR) is 100 cm³/mol. The number of aliphatic carboxylic acids is 1. The van der Waals surface area contributed by atoms with Crippen LogP contribution in [0.5, 0.6) is 0 Å². The van der Waals surface area contributed by atoms with Crippen LogP contribution < -0.4 is 5.32 Å². The fourth-order valence-corrected chi connectivity index (χ4v) is 6.37. The maximum atomic E-state index is 12.8. The third-order valence-corrected chi connectivity index (χ3v) is 8.11. The molecule has 1 amide bonds. The van der Waals surface area contributed by atoms with Gasteiger partial charge in [0.15, 0.2) is 0 Å². The van der Waals surface area contributed by atoms with Crippen molar-refractivity contribution in [1.82, 2.24) is 4.31 Å². The van der Waals surface area contributed by atoms with Gasteiger partial charge in [0, 0.05) is 18.8 Å². The molecule has 2 bridgehead atoms. The molecule has 8 nitrogen and oxygen atoms in total. The summed E-state index contributed by atoms with van der Waals surface area (Å²) in [5.41, 5.74) is 0.367. The van der Waals surface area contributed by atoms with Gasteiger partial charge in [0.05, 0.1) is 29.9 Å². The molecule has 2 N–H and O–H groups in total. The predicted octanol–water partition coefficient (Wildman–Crippen LogP) is 1.39. The zero-order valence-electron chi connectivity index (χ0n) is 15.4. The molecule has 3 aliphatic rings. The summed E-state index contributed by atoms with van der Waals surface area (Å²) in [5.74, 6) is -2.32. The Morgan fingerprint density at radius 1 is 1.11 bits per heavy atom. The van der Waals surface area contributed by atoms with Gasteiger partial charge in [-0.15, -0.1) is 0 Å². The van der Waals surface area contributed by atoms with Gasteiger partial charge < -0.3 is 15.2 Å². The van der Waals surface area contributed by atoms with Crippen LogP contribution in [0.3, 0.4) is 0 Å². The van der Waals surface area contributed by atoms with Gasteiger partial charge in [-0.1, -0.05) is 6.07 Å². The van der Waals surface area contributed by atoms with Gasteiger partial charge in [0.2, 0.25) is 15.9 Å². The van der Waals surface area contributed by atoms with E-state index in [1.807, 2.05) is 0 Å². The first-order valence-electron chi connectivity index (χ1n) is 9.59. The quantitative estimate of drug-likeness (QED) is 0.761. The molecule has 4 atom stereocenters. The number of hydrogen-bond acceptors (Lipinski definition) is 5. The number of carboxylic acids is 1. The van der Waals surface area contributed by atoms with Crippen molar-refractivity contribution in [2.24, 2.45) is 23.7 Å². The van der Waals surface area contributed by atoms with Gasteiger partial charge in [-0.2, -0.15) is 4.31 Å². The van der Waals surface area contributed by atoms with Gasteiger partial charge in [0.25, 0.3) is 0 Å². The second-order valence-electron chi connectivity index (χ2n) is 7.76. The number of nitrogens with zero attached hydrogens (tertiary/aromatic N) is 1. The van der Waals surface area contributed by atoms with E-state index < -0.39 is 27.8 Å². The topological polar surface area (TPSA) is 113 Å². The summed E-state index contributed by atoms with van der Waals surface area (Å²) in [6, 6.07) is 6.14. The van der Waals surface area contributed by atoms with Crippen molar-refractivity contribution in [2.75, 3.05) is 31.6 Å². The number of benzene rings is 1. The maximum absolute atomic E-state index is 12.8. The number of anilines is 1. The van der Waals surface area contributed by atoms with E-state index in [1.165, 1.54) is 16.4 Å². The summed E-state index contributed by atoms with van der Waals surface area (Å²) in [7, 11) is -3.66. The molecule has 1 aliphatic heterocycles. The van der Waals surface area contributed by atoms with Crippen LogP contribution in [0, 0.1) is 23.7 Å². The molecule has 28 heavy (non-hydrogen) atoms. The van der Waals surface area contributed by atoms with Crippen molar-refractivity contribution in [3.05, 3.63) is 24.3 Å². The van der Waals surface area contributed by atoms with Crippen molar-refractivity contribution in [1.29, 1.82) is 0 Å². The minimum absolute atomic E-state index is 0.0614. The highest BCUT2D eigenvalue weighted by Crippen LogP contribution is 2.52. The fourth-order valence-electron chi connectivity index (χ4n) is 4.92. The molecule has 1 heterocycles. The lowest BCUT2D eigenvalue weighted by Gasteiger charge is -2.27. The van der Waals surface area contributed by atoms with E-state index in [4.69, 9.17) is 4.74 Å². The standard InChI is InChI=1S/C19H24N2O6S/c22-18(16-12-4-5-13(10-12)17(16)19(23)24)20-14-2-1-3-15(11-14)28(25,26)21-6-8-27-9-7-21/h1-3,11-13,16-17H,4-10H2,(H,20,22)(H,23,24)/t12-,13+,16-,17-/m0/s1. The Morgan fingerprint density at radius 2 is 1.79 bits per heavy atom. The van der Waals surface area contributed by atoms with Crippen molar-refractivity contribution >= 4 is 27.6 Å². The molecule has 0 aromatic heterocycles. The Labute approximate surface area is 163 Å². The smallest absolute Gasteiger partial charge is 0.307 e. The number of fused-ring (bicyclic) bond motifs is 2. The third kappa shape index (κ3) is 3.42. The first-order chi connectivity index (χ1) is 13.4. The Hall–Kier alpha value is -1.97. The largest absolute Gasteiger partial charge is 0.481 e. The highest BCUT2D eigenvalue weighted by molar-refractivity contribution is 7.89. The Balaban J connectivity index is 1.52. The molecule has 1 saturated heterocycles. The Bertz CT molecular complexity index is 880. The normalized spacial score (nSPS) is 30.3. The molecular formula is C19H24N2O6S. The minimum atomic E-state index is -3.66. The Kier molecular flexibility index (Phi) is 5.15. The first kappa shape index (κ1) is 19.4. The van der Waals surface area contributed by atoms with Crippen LogP contribution in [0.1, 0.15) is 19.3 Å². The molecular weight excluding hydrogens is 384 g/mol. The van der Waals surface area contributed by atoms with Crippen LogP contribution >= 0.6 is 0 Å². The van der Waals surface area contributed by atoms with Crippen LogP contribution in [0.15, 0.2) is 29.2 Å². The number of nitrogens with one attached hydrogen (secondary N) is 1.